The Labute approximate surface area is 178 Å². The van der Waals surface area contributed by atoms with E-state index in [2.05, 4.69) is 15.3 Å². The molecule has 0 aliphatic carbocycles. The molecule has 2 aromatic carbocycles. The molecule has 0 bridgehead atoms. The summed E-state index contributed by atoms with van der Waals surface area (Å²) < 4.78 is 25.5. The highest BCUT2D eigenvalue weighted by Gasteiger charge is 2.20. The number of hydrogen-bond donors (Lipinski definition) is 1. The second kappa shape index (κ2) is 7.85. The summed E-state index contributed by atoms with van der Waals surface area (Å²) in [4.78, 5) is 22.7. The normalized spacial score (nSPS) is 11.4. The molecule has 2 heterocycles. The number of nitrogens with zero attached hydrogens (tertiary/aromatic N) is 3. The van der Waals surface area contributed by atoms with Gasteiger partial charge in [0.1, 0.15) is 0 Å². The van der Waals surface area contributed by atoms with Gasteiger partial charge < -0.3 is 4.57 Å². The van der Waals surface area contributed by atoms with E-state index in [1.165, 1.54) is 23.5 Å². The minimum absolute atomic E-state index is 0.0907. The summed E-state index contributed by atoms with van der Waals surface area (Å²) in [7, 11) is -1.51. The molecule has 0 spiro atoms. The van der Waals surface area contributed by atoms with Gasteiger partial charge in [-0.05, 0) is 18.2 Å². The highest BCUT2D eigenvalue weighted by atomic mass is 32.2. The number of anilines is 1. The molecule has 7 nitrogen and oxygen atoms in total. The zero-order valence-corrected chi connectivity index (χ0v) is 17.9. The standard InChI is InChI=1S/C21H18N4O3S2/c1-25-12-11-22-19(25)18-17(14-7-4-3-5-8-14)23-21(29-18)24-20(26)15-9-6-10-16(13-15)30(2,27)28/h3-13H,1-2H3,(H,23,24,26). The number of carbonyl (C=O) groups is 1. The molecule has 1 N–H and O–H groups in total. The Morgan fingerprint density at radius 3 is 2.53 bits per heavy atom. The zero-order valence-electron chi connectivity index (χ0n) is 16.2. The lowest BCUT2D eigenvalue weighted by Gasteiger charge is -2.04. The zero-order chi connectivity index (χ0) is 21.3. The number of carbonyl (C=O) groups excluding carboxylic acids is 1. The molecule has 0 fully saturated rings. The highest BCUT2D eigenvalue weighted by Crippen LogP contribution is 2.38. The van der Waals surface area contributed by atoms with Crippen molar-refractivity contribution < 1.29 is 13.2 Å². The topological polar surface area (TPSA) is 94.0 Å². The van der Waals surface area contributed by atoms with Crippen LogP contribution in [0.25, 0.3) is 22.0 Å². The van der Waals surface area contributed by atoms with Crippen LogP contribution in [-0.4, -0.2) is 35.1 Å². The van der Waals surface area contributed by atoms with Crippen LogP contribution in [0.5, 0.6) is 0 Å². The Bertz CT molecular complexity index is 1330. The number of rotatable bonds is 5. The van der Waals surface area contributed by atoms with Crippen molar-refractivity contribution in [1.82, 2.24) is 14.5 Å². The third-order valence-corrected chi connectivity index (χ3v) is 6.52. The van der Waals surface area contributed by atoms with Crippen LogP contribution in [0.15, 0.2) is 71.9 Å². The van der Waals surface area contributed by atoms with E-state index >= 15 is 0 Å². The lowest BCUT2D eigenvalue weighted by molar-refractivity contribution is 0.102. The smallest absolute Gasteiger partial charge is 0.257 e. The van der Waals surface area contributed by atoms with E-state index in [4.69, 9.17) is 0 Å². The first-order valence-electron chi connectivity index (χ1n) is 8.98. The van der Waals surface area contributed by atoms with Gasteiger partial charge in [0.2, 0.25) is 0 Å². The monoisotopic (exact) mass is 438 g/mol. The van der Waals surface area contributed by atoms with Gasteiger partial charge in [-0.3, -0.25) is 10.1 Å². The fraction of sp³-hybridized carbons (Fsp3) is 0.0952. The number of aromatic nitrogens is 3. The Hall–Kier alpha value is -3.30. The first-order valence-corrected chi connectivity index (χ1v) is 11.7. The van der Waals surface area contributed by atoms with E-state index < -0.39 is 15.7 Å². The minimum atomic E-state index is -3.41. The maximum atomic E-state index is 12.7. The largest absolute Gasteiger partial charge is 0.333 e. The third kappa shape index (κ3) is 4.03. The van der Waals surface area contributed by atoms with Crippen LogP contribution < -0.4 is 5.32 Å². The second-order valence-corrected chi connectivity index (χ2v) is 9.69. The molecule has 0 aliphatic heterocycles. The van der Waals surface area contributed by atoms with Crippen LogP contribution in [-0.2, 0) is 16.9 Å². The number of aryl methyl sites for hydroxylation is 1. The average Bonchev–Trinajstić information content (AvgIpc) is 3.34. The van der Waals surface area contributed by atoms with Gasteiger partial charge in [0.25, 0.3) is 5.91 Å². The predicted molar refractivity (Wildman–Crippen MR) is 117 cm³/mol. The summed E-state index contributed by atoms with van der Waals surface area (Å²) in [6.07, 6.45) is 4.66. The lowest BCUT2D eigenvalue weighted by Crippen LogP contribution is -2.12. The van der Waals surface area contributed by atoms with Crippen molar-refractivity contribution in [1.29, 1.82) is 0 Å². The fourth-order valence-corrected chi connectivity index (χ4v) is 4.63. The first kappa shape index (κ1) is 20.0. The average molecular weight is 439 g/mol. The molecule has 2 aromatic heterocycles. The van der Waals surface area contributed by atoms with Gasteiger partial charge in [-0.1, -0.05) is 47.7 Å². The van der Waals surface area contributed by atoms with Gasteiger partial charge in [-0.2, -0.15) is 0 Å². The van der Waals surface area contributed by atoms with E-state index in [1.807, 2.05) is 48.1 Å². The fourth-order valence-electron chi connectivity index (χ4n) is 2.94. The molecule has 4 aromatic rings. The van der Waals surface area contributed by atoms with E-state index in [9.17, 15) is 13.2 Å². The summed E-state index contributed by atoms with van der Waals surface area (Å²) in [5.74, 6) is 0.311. The molecule has 0 saturated carbocycles. The summed E-state index contributed by atoms with van der Waals surface area (Å²) in [5.41, 5.74) is 1.87. The summed E-state index contributed by atoms with van der Waals surface area (Å²) in [5, 5.41) is 3.19. The molecule has 30 heavy (non-hydrogen) atoms. The quantitative estimate of drug-likeness (QED) is 0.511. The van der Waals surface area contributed by atoms with Crippen molar-refractivity contribution in [2.75, 3.05) is 11.6 Å². The van der Waals surface area contributed by atoms with Crippen molar-refractivity contribution in [3.63, 3.8) is 0 Å². The Kier molecular flexibility index (Phi) is 5.23. The van der Waals surface area contributed by atoms with Gasteiger partial charge in [-0.15, -0.1) is 0 Å². The van der Waals surface area contributed by atoms with Gasteiger partial charge in [0.05, 0.1) is 15.5 Å². The second-order valence-electron chi connectivity index (χ2n) is 6.68. The molecular weight excluding hydrogens is 420 g/mol. The van der Waals surface area contributed by atoms with E-state index in [1.54, 1.807) is 18.3 Å². The van der Waals surface area contributed by atoms with Crippen LogP contribution >= 0.6 is 11.3 Å². The van der Waals surface area contributed by atoms with Crippen LogP contribution in [0, 0.1) is 0 Å². The predicted octanol–water partition coefficient (Wildman–Crippen LogP) is 3.87. The van der Waals surface area contributed by atoms with Gasteiger partial charge >= 0.3 is 0 Å². The Morgan fingerprint density at radius 2 is 1.87 bits per heavy atom. The maximum Gasteiger partial charge on any atom is 0.257 e. The van der Waals surface area contributed by atoms with Crippen LogP contribution in [0.4, 0.5) is 5.13 Å². The van der Waals surface area contributed by atoms with Crippen molar-refractivity contribution in [3.05, 3.63) is 72.6 Å². The van der Waals surface area contributed by atoms with Crippen LogP contribution in [0.2, 0.25) is 0 Å². The number of thiazole rings is 1. The van der Waals surface area contributed by atoms with Crippen molar-refractivity contribution in [2.24, 2.45) is 7.05 Å². The molecule has 1 amide bonds. The molecule has 0 radical (unpaired) electrons. The Morgan fingerprint density at radius 1 is 1.10 bits per heavy atom. The molecule has 0 saturated heterocycles. The molecule has 9 heteroatoms. The number of hydrogen-bond acceptors (Lipinski definition) is 6. The molecule has 0 atom stereocenters. The van der Waals surface area contributed by atoms with E-state index in [-0.39, 0.29) is 10.5 Å². The van der Waals surface area contributed by atoms with Crippen molar-refractivity contribution in [3.8, 4) is 22.0 Å². The van der Waals surface area contributed by atoms with Gasteiger partial charge in [0, 0.05) is 36.8 Å². The maximum absolute atomic E-state index is 12.7. The number of benzene rings is 2. The first-order chi connectivity index (χ1) is 14.3. The van der Waals surface area contributed by atoms with Crippen molar-refractivity contribution in [2.45, 2.75) is 4.90 Å². The van der Waals surface area contributed by atoms with Crippen LogP contribution in [0.3, 0.4) is 0 Å². The minimum Gasteiger partial charge on any atom is -0.333 e. The molecule has 4 rings (SSSR count). The third-order valence-electron chi connectivity index (χ3n) is 4.44. The van der Waals surface area contributed by atoms with Crippen molar-refractivity contribution >= 4 is 32.2 Å². The molecule has 0 aliphatic rings. The van der Waals surface area contributed by atoms with E-state index in [0.29, 0.717) is 5.13 Å². The highest BCUT2D eigenvalue weighted by molar-refractivity contribution is 7.90. The number of nitrogens with one attached hydrogen (secondary N) is 1. The van der Waals surface area contributed by atoms with E-state index in [0.717, 1.165) is 28.2 Å². The molecular formula is C21H18N4O3S2. The SMILES string of the molecule is Cn1ccnc1-c1sc(NC(=O)c2cccc(S(C)(=O)=O)c2)nc1-c1ccccc1. The summed E-state index contributed by atoms with van der Waals surface area (Å²) >= 11 is 1.31. The number of amides is 1. The number of sulfone groups is 1. The van der Waals surface area contributed by atoms with Gasteiger partial charge in [-0.25, -0.2) is 18.4 Å². The van der Waals surface area contributed by atoms with Crippen LogP contribution in [0.1, 0.15) is 10.4 Å². The van der Waals surface area contributed by atoms with Gasteiger partial charge in [0.15, 0.2) is 20.8 Å². The molecule has 0 unspecified atom stereocenters. The molecule has 152 valence electrons. The summed E-state index contributed by atoms with van der Waals surface area (Å²) in [6.45, 7) is 0. The summed E-state index contributed by atoms with van der Waals surface area (Å²) in [6, 6.07) is 15.6. The number of imidazole rings is 1. The Balaban J connectivity index is 1.71. The lowest BCUT2D eigenvalue weighted by atomic mass is 10.1.